The number of alkyl halides is 3. The maximum Gasteiger partial charge on any atom is 0.490 e. The van der Waals surface area contributed by atoms with E-state index in [1.807, 2.05) is 24.4 Å². The first-order valence-electron chi connectivity index (χ1n) is 10.5. The number of methoxy groups -OCH3 is 1. The number of halogens is 3. The maximum absolute atomic E-state index is 12.4. The molecule has 1 heterocycles. The van der Waals surface area contributed by atoms with E-state index in [0.29, 0.717) is 12.1 Å². The zero-order chi connectivity index (χ0) is 26.4. The van der Waals surface area contributed by atoms with Crippen molar-refractivity contribution >= 4 is 34.8 Å². The molecule has 0 fully saturated rings. The first kappa shape index (κ1) is 29.7. The van der Waals surface area contributed by atoms with Crippen molar-refractivity contribution in [3.63, 3.8) is 0 Å². The van der Waals surface area contributed by atoms with Crippen molar-refractivity contribution in [3.8, 4) is 5.75 Å². The van der Waals surface area contributed by atoms with E-state index >= 15 is 0 Å². The standard InChI is InChI=1S/C21H27N3O3S.C2HF3O2/c1-3-5-15(24-21(26)19(22)14-18-6-4-13-28-18)9-12-20(25)23-16-7-10-17(27-2)11-8-16;3-2(4,5)1(6)7/h4,6-13,15,19H,3,5,14,22H2,1-2H3,(H,23,25)(H,24,26);(H,6,7)/t15-,19-;/m0./s1. The first-order chi connectivity index (χ1) is 16.5. The number of ether oxygens (including phenoxy) is 1. The third-order valence-corrected chi connectivity index (χ3v) is 5.24. The van der Waals surface area contributed by atoms with Crippen LogP contribution in [-0.2, 0) is 20.8 Å². The third kappa shape index (κ3) is 12.1. The minimum Gasteiger partial charge on any atom is -0.497 e. The van der Waals surface area contributed by atoms with E-state index in [2.05, 4.69) is 10.6 Å². The summed E-state index contributed by atoms with van der Waals surface area (Å²) in [7, 11) is 1.59. The summed E-state index contributed by atoms with van der Waals surface area (Å²) in [6, 6.07) is 10.1. The molecule has 2 amide bonds. The van der Waals surface area contributed by atoms with E-state index in [-0.39, 0.29) is 17.9 Å². The number of carboxylic acid groups (broad SMARTS) is 1. The number of nitrogens with one attached hydrogen (secondary N) is 2. The zero-order valence-electron chi connectivity index (χ0n) is 19.2. The topological polar surface area (TPSA) is 131 Å². The first-order valence-corrected chi connectivity index (χ1v) is 11.4. The van der Waals surface area contributed by atoms with Crippen LogP contribution in [0.3, 0.4) is 0 Å². The Morgan fingerprint density at radius 2 is 1.83 bits per heavy atom. The highest BCUT2D eigenvalue weighted by Gasteiger charge is 2.38. The van der Waals surface area contributed by atoms with Crippen LogP contribution in [-0.4, -0.2) is 48.3 Å². The highest BCUT2D eigenvalue weighted by atomic mass is 32.1. The number of carbonyl (C=O) groups is 3. The molecule has 1 aromatic heterocycles. The van der Waals surface area contributed by atoms with E-state index in [4.69, 9.17) is 20.4 Å². The highest BCUT2D eigenvalue weighted by Crippen LogP contribution is 2.15. The summed E-state index contributed by atoms with van der Waals surface area (Å²) in [5, 5.41) is 14.8. The molecule has 0 aliphatic rings. The van der Waals surface area contributed by atoms with Crippen LogP contribution in [0.5, 0.6) is 5.75 Å². The molecule has 2 atom stereocenters. The molecule has 5 N–H and O–H groups in total. The van der Waals surface area contributed by atoms with Crippen LogP contribution in [0.2, 0.25) is 0 Å². The van der Waals surface area contributed by atoms with Crippen molar-refractivity contribution in [1.29, 1.82) is 0 Å². The molecule has 2 aromatic rings. The number of hydrogen-bond donors (Lipinski definition) is 4. The number of carboxylic acids is 1. The van der Waals surface area contributed by atoms with E-state index in [1.165, 1.54) is 6.08 Å². The largest absolute Gasteiger partial charge is 0.497 e. The maximum atomic E-state index is 12.4. The Labute approximate surface area is 205 Å². The van der Waals surface area contributed by atoms with Gasteiger partial charge in [-0.25, -0.2) is 4.79 Å². The number of hydrogen-bond acceptors (Lipinski definition) is 6. The van der Waals surface area contributed by atoms with E-state index < -0.39 is 18.2 Å². The van der Waals surface area contributed by atoms with Gasteiger partial charge in [0.25, 0.3) is 0 Å². The summed E-state index contributed by atoms with van der Waals surface area (Å²) in [6.45, 7) is 2.02. The van der Waals surface area contributed by atoms with E-state index in [9.17, 15) is 22.8 Å². The van der Waals surface area contributed by atoms with Gasteiger partial charge in [0.05, 0.1) is 13.2 Å². The molecule has 1 aromatic carbocycles. The van der Waals surface area contributed by atoms with Crippen molar-refractivity contribution in [3.05, 3.63) is 58.8 Å². The summed E-state index contributed by atoms with van der Waals surface area (Å²) >= 11 is 1.58. The predicted molar refractivity (Wildman–Crippen MR) is 127 cm³/mol. The van der Waals surface area contributed by atoms with Gasteiger partial charge >= 0.3 is 12.1 Å². The number of carbonyl (C=O) groups excluding carboxylic acids is 2. The van der Waals surface area contributed by atoms with Crippen LogP contribution in [0.15, 0.2) is 53.9 Å². The molecular formula is C23H28F3N3O5S. The summed E-state index contributed by atoms with van der Waals surface area (Å²) in [5.74, 6) is -2.51. The second kappa shape index (κ2) is 14.8. The fraction of sp³-hybridized carbons (Fsp3) is 0.348. The molecule has 0 aliphatic carbocycles. The van der Waals surface area contributed by atoms with Crippen LogP contribution in [0, 0.1) is 0 Å². The highest BCUT2D eigenvalue weighted by molar-refractivity contribution is 7.09. The Balaban J connectivity index is 0.000000762. The molecule has 0 saturated heterocycles. The van der Waals surface area contributed by atoms with E-state index in [1.54, 1.807) is 48.8 Å². The lowest BCUT2D eigenvalue weighted by Crippen LogP contribution is -2.45. The van der Waals surface area contributed by atoms with Crippen molar-refractivity contribution in [1.82, 2.24) is 5.32 Å². The van der Waals surface area contributed by atoms with E-state index in [0.717, 1.165) is 23.5 Å². The van der Waals surface area contributed by atoms with Gasteiger partial charge in [-0.2, -0.15) is 13.2 Å². The number of benzene rings is 1. The SMILES string of the molecule is CCC[C@@H](C=CC(=O)Nc1ccc(OC)cc1)NC(=O)[C@@H](N)Cc1cccs1.O=C(O)C(F)(F)F. The number of rotatable bonds is 10. The minimum atomic E-state index is -5.08. The van der Waals surface area contributed by atoms with Crippen molar-refractivity contribution in [2.75, 3.05) is 12.4 Å². The lowest BCUT2D eigenvalue weighted by Gasteiger charge is -2.17. The summed E-state index contributed by atoms with van der Waals surface area (Å²) in [4.78, 5) is 34.5. The average molecular weight is 516 g/mol. The van der Waals surface area contributed by atoms with Gasteiger partial charge in [-0.1, -0.05) is 25.5 Å². The Kier molecular flexibility index (Phi) is 12.5. The Bertz CT molecular complexity index is 964. The molecule has 0 spiro atoms. The monoisotopic (exact) mass is 515 g/mol. The normalized spacial score (nSPS) is 12.7. The van der Waals surface area contributed by atoms with Gasteiger partial charge in [-0.15, -0.1) is 11.3 Å². The van der Waals surface area contributed by atoms with Crippen LogP contribution >= 0.6 is 11.3 Å². The fourth-order valence-corrected chi connectivity index (χ4v) is 3.38. The average Bonchev–Trinajstić information content (AvgIpc) is 3.31. The van der Waals surface area contributed by atoms with Crippen molar-refractivity contribution in [2.45, 2.75) is 44.4 Å². The molecule has 0 radical (unpaired) electrons. The van der Waals surface area contributed by atoms with Gasteiger partial charge in [0, 0.05) is 29.1 Å². The molecule has 0 aliphatic heterocycles. The Hall–Kier alpha value is -3.38. The number of anilines is 1. The number of aliphatic carboxylic acids is 1. The van der Waals surface area contributed by atoms with Crippen molar-refractivity contribution < 1.29 is 37.4 Å². The lowest BCUT2D eigenvalue weighted by molar-refractivity contribution is -0.192. The molecule has 2 rings (SSSR count). The molecule has 0 bridgehead atoms. The zero-order valence-corrected chi connectivity index (χ0v) is 20.0. The van der Waals surface area contributed by atoms with Crippen molar-refractivity contribution in [2.24, 2.45) is 5.73 Å². The quantitative estimate of drug-likeness (QED) is 0.357. The molecule has 35 heavy (non-hydrogen) atoms. The van der Waals surface area contributed by atoms with Gasteiger partial charge in [0.15, 0.2) is 0 Å². The number of nitrogens with two attached hydrogens (primary N) is 1. The summed E-state index contributed by atoms with van der Waals surface area (Å²) < 4.78 is 36.8. The van der Waals surface area contributed by atoms with Gasteiger partial charge in [0.2, 0.25) is 11.8 Å². The Morgan fingerprint density at radius 3 is 2.31 bits per heavy atom. The molecule has 192 valence electrons. The smallest absolute Gasteiger partial charge is 0.490 e. The summed E-state index contributed by atoms with van der Waals surface area (Å²) in [5.41, 5.74) is 6.69. The van der Waals surface area contributed by atoms with Gasteiger partial charge < -0.3 is 26.2 Å². The van der Waals surface area contributed by atoms with Crippen LogP contribution < -0.4 is 21.1 Å². The summed E-state index contributed by atoms with van der Waals surface area (Å²) in [6.07, 6.45) is 0.164. The second-order valence-corrected chi connectivity index (χ2v) is 8.21. The minimum absolute atomic E-state index is 0.216. The second-order valence-electron chi connectivity index (χ2n) is 7.17. The molecule has 12 heteroatoms. The molecular weight excluding hydrogens is 487 g/mol. The van der Waals surface area contributed by atoms with Gasteiger partial charge in [-0.05, 0) is 42.1 Å². The van der Waals surface area contributed by atoms with Crippen LogP contribution in [0.25, 0.3) is 0 Å². The molecule has 8 nitrogen and oxygen atoms in total. The molecule has 0 unspecified atom stereocenters. The van der Waals surface area contributed by atoms with Gasteiger partial charge in [0.1, 0.15) is 5.75 Å². The van der Waals surface area contributed by atoms with Crippen LogP contribution in [0.4, 0.5) is 18.9 Å². The lowest BCUT2D eigenvalue weighted by atomic mass is 10.1. The van der Waals surface area contributed by atoms with Gasteiger partial charge in [-0.3, -0.25) is 9.59 Å². The Morgan fingerprint density at radius 1 is 1.20 bits per heavy atom. The predicted octanol–water partition coefficient (Wildman–Crippen LogP) is 3.74. The number of amides is 2. The molecule has 0 saturated carbocycles. The van der Waals surface area contributed by atoms with Crippen LogP contribution in [0.1, 0.15) is 24.6 Å². The third-order valence-electron chi connectivity index (χ3n) is 4.35. The number of thiophene rings is 1. The fourth-order valence-electron chi connectivity index (χ4n) is 2.62.